The standard InChI is InChI=1S/C22H25N7O2S/c1-31-17-3-2-16(4-8-23)18(12-17)32-22-27-19-20(24)25-13-26-21(19)29(22)11-7-15-5-9-28(14-30)10-6-15/h2-3,12-15H,4-7,9-11H2,1H3,(H2,24,25,26). The molecule has 0 spiro atoms. The van der Waals surface area contributed by atoms with Crippen molar-refractivity contribution in [1.29, 1.82) is 5.26 Å². The van der Waals surface area contributed by atoms with E-state index in [9.17, 15) is 10.1 Å². The highest BCUT2D eigenvalue weighted by molar-refractivity contribution is 7.99. The maximum absolute atomic E-state index is 11.0. The van der Waals surface area contributed by atoms with Gasteiger partial charge in [-0.25, -0.2) is 15.0 Å². The molecular weight excluding hydrogens is 426 g/mol. The number of methoxy groups -OCH3 is 1. The van der Waals surface area contributed by atoms with Crippen LogP contribution in [-0.2, 0) is 17.8 Å². The second-order valence-corrected chi connectivity index (χ2v) is 8.77. The zero-order valence-electron chi connectivity index (χ0n) is 17.9. The Morgan fingerprint density at radius 3 is 2.88 bits per heavy atom. The van der Waals surface area contributed by atoms with E-state index < -0.39 is 0 Å². The van der Waals surface area contributed by atoms with Crippen LogP contribution in [0.4, 0.5) is 5.82 Å². The first-order chi connectivity index (χ1) is 15.6. The van der Waals surface area contributed by atoms with E-state index in [1.807, 2.05) is 23.1 Å². The molecule has 1 fully saturated rings. The quantitative estimate of drug-likeness (QED) is 0.519. The minimum atomic E-state index is 0.295. The number of aromatic nitrogens is 4. The fourth-order valence-electron chi connectivity index (χ4n) is 3.96. The molecule has 0 aliphatic carbocycles. The number of likely N-dealkylation sites (tertiary alicyclic amines) is 1. The molecule has 1 amide bonds. The lowest BCUT2D eigenvalue weighted by Crippen LogP contribution is -2.32. The average Bonchev–Trinajstić information content (AvgIpc) is 3.17. The number of nitrogens with zero attached hydrogens (tertiary/aromatic N) is 6. The Bertz CT molecular complexity index is 1150. The molecule has 2 aromatic heterocycles. The van der Waals surface area contributed by atoms with Crippen LogP contribution in [0.2, 0.25) is 0 Å². The highest BCUT2D eigenvalue weighted by Gasteiger charge is 2.21. The second-order valence-electron chi connectivity index (χ2n) is 7.76. The molecule has 1 saturated heterocycles. The summed E-state index contributed by atoms with van der Waals surface area (Å²) in [5.74, 6) is 1.60. The van der Waals surface area contributed by atoms with Crippen LogP contribution in [0.3, 0.4) is 0 Å². The normalized spacial score (nSPS) is 14.4. The van der Waals surface area contributed by atoms with Crippen LogP contribution in [0.25, 0.3) is 11.2 Å². The number of ether oxygens (including phenoxy) is 1. The van der Waals surface area contributed by atoms with Crippen molar-refractivity contribution < 1.29 is 9.53 Å². The van der Waals surface area contributed by atoms with Gasteiger partial charge in [0.25, 0.3) is 0 Å². The molecule has 3 heterocycles. The number of nitrogens with two attached hydrogens (primary N) is 1. The molecule has 1 aliphatic rings. The number of fused-ring (bicyclic) bond motifs is 1. The summed E-state index contributed by atoms with van der Waals surface area (Å²) in [6, 6.07) is 7.91. The molecule has 1 aliphatic heterocycles. The molecule has 1 aromatic carbocycles. The number of nitrogen functional groups attached to an aromatic ring is 1. The Labute approximate surface area is 190 Å². The smallest absolute Gasteiger partial charge is 0.209 e. The Kier molecular flexibility index (Phi) is 6.75. The number of aryl methyl sites for hydroxylation is 1. The van der Waals surface area contributed by atoms with Crippen molar-refractivity contribution in [3.8, 4) is 11.8 Å². The van der Waals surface area contributed by atoms with E-state index in [0.29, 0.717) is 29.3 Å². The van der Waals surface area contributed by atoms with E-state index in [2.05, 4.69) is 20.6 Å². The molecule has 0 radical (unpaired) electrons. The number of benzene rings is 1. The first-order valence-corrected chi connectivity index (χ1v) is 11.3. The van der Waals surface area contributed by atoms with E-state index in [-0.39, 0.29) is 0 Å². The molecule has 166 valence electrons. The van der Waals surface area contributed by atoms with Gasteiger partial charge in [0.15, 0.2) is 22.1 Å². The number of carbonyl (C=O) groups is 1. The molecule has 0 unspecified atom stereocenters. The SMILES string of the molecule is COc1ccc(CC#N)c(Sc2nc3c(N)ncnc3n2CCC2CCN(C=O)CC2)c1. The van der Waals surface area contributed by atoms with Gasteiger partial charge in [0.1, 0.15) is 12.1 Å². The van der Waals surface area contributed by atoms with Crippen LogP contribution < -0.4 is 10.5 Å². The number of carbonyl (C=O) groups excluding carboxylic acids is 1. The van der Waals surface area contributed by atoms with E-state index >= 15 is 0 Å². The largest absolute Gasteiger partial charge is 0.497 e. The van der Waals surface area contributed by atoms with E-state index in [4.69, 9.17) is 15.5 Å². The van der Waals surface area contributed by atoms with Crippen LogP contribution in [-0.4, -0.2) is 51.0 Å². The van der Waals surface area contributed by atoms with Crippen molar-refractivity contribution in [1.82, 2.24) is 24.4 Å². The number of piperidine rings is 1. The Morgan fingerprint density at radius 2 is 2.16 bits per heavy atom. The molecule has 2 N–H and O–H groups in total. The monoisotopic (exact) mass is 451 g/mol. The molecule has 0 atom stereocenters. The number of amides is 1. The Morgan fingerprint density at radius 1 is 1.34 bits per heavy atom. The molecule has 9 nitrogen and oxygen atoms in total. The van der Waals surface area contributed by atoms with Crippen LogP contribution in [0.15, 0.2) is 34.6 Å². The van der Waals surface area contributed by atoms with Gasteiger partial charge in [-0.2, -0.15) is 5.26 Å². The molecule has 4 rings (SSSR count). The summed E-state index contributed by atoms with van der Waals surface area (Å²) in [6.07, 6.45) is 5.63. The molecule has 0 bridgehead atoms. The minimum Gasteiger partial charge on any atom is -0.497 e. The van der Waals surface area contributed by atoms with Gasteiger partial charge in [-0.15, -0.1) is 0 Å². The molecule has 32 heavy (non-hydrogen) atoms. The fourth-order valence-corrected chi connectivity index (χ4v) is 5.03. The van der Waals surface area contributed by atoms with E-state index in [1.165, 1.54) is 18.1 Å². The molecule has 10 heteroatoms. The highest BCUT2D eigenvalue weighted by Crippen LogP contribution is 2.35. The number of imidazole rings is 1. The lowest BCUT2D eigenvalue weighted by molar-refractivity contribution is -0.119. The lowest BCUT2D eigenvalue weighted by atomic mass is 9.94. The third-order valence-electron chi connectivity index (χ3n) is 5.83. The summed E-state index contributed by atoms with van der Waals surface area (Å²) in [5.41, 5.74) is 8.28. The number of hydrogen-bond acceptors (Lipinski definition) is 8. The predicted molar refractivity (Wildman–Crippen MR) is 121 cm³/mol. The molecular formula is C22H25N7O2S. The predicted octanol–water partition coefficient (Wildman–Crippen LogP) is 2.89. The fraction of sp³-hybridized carbons (Fsp3) is 0.409. The summed E-state index contributed by atoms with van der Waals surface area (Å²) >= 11 is 1.48. The first-order valence-electron chi connectivity index (χ1n) is 10.5. The highest BCUT2D eigenvalue weighted by atomic mass is 32.2. The van der Waals surface area contributed by atoms with E-state index in [1.54, 1.807) is 7.11 Å². The first kappa shape index (κ1) is 21.9. The summed E-state index contributed by atoms with van der Waals surface area (Å²) < 4.78 is 7.47. The third-order valence-corrected chi connectivity index (χ3v) is 6.92. The number of hydrogen-bond donors (Lipinski definition) is 1. The Balaban J connectivity index is 1.64. The van der Waals surface area contributed by atoms with Crippen LogP contribution >= 0.6 is 11.8 Å². The average molecular weight is 452 g/mol. The lowest BCUT2D eigenvalue weighted by Gasteiger charge is -2.29. The van der Waals surface area contributed by atoms with Crippen molar-refractivity contribution in [2.45, 2.75) is 42.3 Å². The van der Waals surface area contributed by atoms with Crippen molar-refractivity contribution in [3.63, 3.8) is 0 Å². The van der Waals surface area contributed by atoms with Gasteiger partial charge in [-0.05, 0) is 42.9 Å². The van der Waals surface area contributed by atoms with Gasteiger partial charge in [-0.3, -0.25) is 4.79 Å². The van der Waals surface area contributed by atoms with Crippen molar-refractivity contribution in [2.24, 2.45) is 5.92 Å². The van der Waals surface area contributed by atoms with Gasteiger partial charge in [0.05, 0.1) is 19.6 Å². The maximum Gasteiger partial charge on any atom is 0.209 e. The van der Waals surface area contributed by atoms with Crippen molar-refractivity contribution in [3.05, 3.63) is 30.1 Å². The topological polar surface area (TPSA) is 123 Å². The van der Waals surface area contributed by atoms with Crippen molar-refractivity contribution in [2.75, 3.05) is 25.9 Å². The summed E-state index contributed by atoms with van der Waals surface area (Å²) in [5, 5.41) is 9.99. The maximum atomic E-state index is 11.0. The number of rotatable bonds is 8. The van der Waals surface area contributed by atoms with Gasteiger partial charge in [-0.1, -0.05) is 17.8 Å². The molecule has 0 saturated carbocycles. The van der Waals surface area contributed by atoms with Crippen LogP contribution in [0, 0.1) is 17.2 Å². The Hall–Kier alpha value is -3.32. The van der Waals surface area contributed by atoms with Crippen LogP contribution in [0.1, 0.15) is 24.8 Å². The molecule has 3 aromatic rings. The van der Waals surface area contributed by atoms with Gasteiger partial charge >= 0.3 is 0 Å². The van der Waals surface area contributed by atoms with Gasteiger partial charge in [0, 0.05) is 24.5 Å². The number of anilines is 1. The van der Waals surface area contributed by atoms with Crippen LogP contribution in [0.5, 0.6) is 5.75 Å². The zero-order valence-corrected chi connectivity index (χ0v) is 18.7. The zero-order chi connectivity index (χ0) is 22.5. The summed E-state index contributed by atoms with van der Waals surface area (Å²) in [4.78, 5) is 27.0. The van der Waals surface area contributed by atoms with E-state index in [0.717, 1.165) is 66.7 Å². The van der Waals surface area contributed by atoms with Crippen molar-refractivity contribution >= 4 is 35.2 Å². The summed E-state index contributed by atoms with van der Waals surface area (Å²) in [7, 11) is 1.62. The summed E-state index contributed by atoms with van der Waals surface area (Å²) in [6.45, 7) is 2.34. The minimum absolute atomic E-state index is 0.295. The van der Waals surface area contributed by atoms with Gasteiger partial charge in [0.2, 0.25) is 6.41 Å². The number of nitriles is 1. The third kappa shape index (κ3) is 4.62. The second kappa shape index (κ2) is 9.87. The van der Waals surface area contributed by atoms with Gasteiger partial charge < -0.3 is 19.9 Å².